The van der Waals surface area contributed by atoms with Crippen LogP contribution < -0.4 is 15.1 Å². The first kappa shape index (κ1) is 20.1. The van der Waals surface area contributed by atoms with E-state index in [1.54, 1.807) is 12.1 Å². The molecule has 0 unspecified atom stereocenters. The zero-order chi connectivity index (χ0) is 21.1. The van der Waals surface area contributed by atoms with Gasteiger partial charge in [0, 0.05) is 31.8 Å². The molecule has 3 aromatic rings. The van der Waals surface area contributed by atoms with Crippen LogP contribution in [-0.2, 0) is 7.05 Å². The van der Waals surface area contributed by atoms with Crippen LogP contribution in [0.4, 0.5) is 11.4 Å². The van der Waals surface area contributed by atoms with Crippen LogP contribution in [-0.4, -0.2) is 28.5 Å². The lowest BCUT2D eigenvalue weighted by Crippen LogP contribution is -2.26. The highest BCUT2D eigenvalue weighted by Crippen LogP contribution is 2.31. The van der Waals surface area contributed by atoms with Crippen LogP contribution in [0.2, 0.25) is 0 Å². The summed E-state index contributed by atoms with van der Waals surface area (Å²) in [6.45, 7) is 1.59. The first-order valence-corrected chi connectivity index (χ1v) is 10.8. The number of fused-ring (bicyclic) bond motifs is 1. The van der Waals surface area contributed by atoms with Crippen molar-refractivity contribution < 1.29 is 9.72 Å². The number of hydrogen-bond acceptors (Lipinski definition) is 6. The van der Waals surface area contributed by atoms with Gasteiger partial charge in [-0.1, -0.05) is 36.3 Å². The molecule has 0 bridgehead atoms. The molecule has 9 heteroatoms. The van der Waals surface area contributed by atoms with E-state index in [0.29, 0.717) is 10.5 Å². The number of hydrogen-bond donors (Lipinski definition) is 1. The van der Waals surface area contributed by atoms with Crippen molar-refractivity contribution in [2.45, 2.75) is 25.7 Å². The molecular weight excluding hydrogens is 402 g/mol. The summed E-state index contributed by atoms with van der Waals surface area (Å²) in [5, 5.41) is 15.9. The number of nitrogens with zero attached hydrogens (tertiary/aromatic N) is 4. The summed E-state index contributed by atoms with van der Waals surface area (Å²) in [6.07, 6.45) is 4.32. The molecule has 1 aromatic heterocycles. The van der Waals surface area contributed by atoms with E-state index in [2.05, 4.69) is 10.5 Å². The third-order valence-electron chi connectivity index (χ3n) is 5.35. The number of nitrogens with one attached hydrogen (secondary N) is 1. The molecule has 156 valence electrons. The van der Waals surface area contributed by atoms with Crippen molar-refractivity contribution in [1.29, 1.82) is 0 Å². The molecule has 4 rings (SSSR count). The van der Waals surface area contributed by atoms with Gasteiger partial charge in [-0.3, -0.25) is 14.9 Å². The number of amides is 1. The van der Waals surface area contributed by atoms with Crippen molar-refractivity contribution in [1.82, 2.24) is 9.99 Å². The number of aromatic nitrogens is 1. The van der Waals surface area contributed by atoms with Gasteiger partial charge in [-0.2, -0.15) is 0 Å². The Morgan fingerprint density at radius 1 is 1.13 bits per heavy atom. The Labute approximate surface area is 177 Å². The molecule has 0 spiro atoms. The Bertz CT molecular complexity index is 1160. The smallest absolute Gasteiger partial charge is 0.293 e. The highest BCUT2D eigenvalue weighted by Gasteiger charge is 2.22. The van der Waals surface area contributed by atoms with Crippen LogP contribution >= 0.6 is 11.3 Å². The number of aryl methyl sites for hydroxylation is 1. The molecule has 1 amide bonds. The number of carbonyl (C=O) groups is 1. The van der Waals surface area contributed by atoms with Crippen molar-refractivity contribution in [2.24, 2.45) is 12.1 Å². The molecule has 8 nitrogen and oxygen atoms in total. The number of anilines is 1. The lowest BCUT2D eigenvalue weighted by atomic mass is 10.1. The fourth-order valence-corrected chi connectivity index (χ4v) is 4.72. The van der Waals surface area contributed by atoms with Crippen LogP contribution in [0.5, 0.6) is 0 Å². The molecule has 1 fully saturated rings. The standard InChI is InChI=1S/C21H23N5O3S/c1-24-17-8-4-5-9-19(17)30-21(24)23-22-20(27)15-10-11-16(18(14-15)26(28)29)25-12-6-2-3-7-13-25/h4-5,8-11,14H,2-3,6-7,12-13H2,1H3,(H,22,27)/b23-21-. The van der Waals surface area contributed by atoms with Crippen LogP contribution in [0.1, 0.15) is 36.0 Å². The molecule has 1 N–H and O–H groups in total. The van der Waals surface area contributed by atoms with E-state index in [-0.39, 0.29) is 11.3 Å². The molecule has 1 aliphatic rings. The average Bonchev–Trinajstić information content (AvgIpc) is 2.92. The van der Waals surface area contributed by atoms with Crippen molar-refractivity contribution in [3.8, 4) is 0 Å². The highest BCUT2D eigenvalue weighted by atomic mass is 32.1. The van der Waals surface area contributed by atoms with Gasteiger partial charge < -0.3 is 9.47 Å². The van der Waals surface area contributed by atoms with E-state index < -0.39 is 10.8 Å². The lowest BCUT2D eigenvalue weighted by molar-refractivity contribution is -0.384. The molecule has 2 aromatic carbocycles. The number of nitro benzene ring substituents is 1. The quantitative estimate of drug-likeness (QED) is 0.509. The number of carbonyl (C=O) groups excluding carboxylic acids is 1. The van der Waals surface area contributed by atoms with Gasteiger partial charge in [-0.05, 0) is 37.1 Å². The second-order valence-electron chi connectivity index (χ2n) is 7.33. The van der Waals surface area contributed by atoms with Gasteiger partial charge in [0.25, 0.3) is 11.6 Å². The Hall–Kier alpha value is -3.20. The molecule has 1 saturated heterocycles. The van der Waals surface area contributed by atoms with Crippen LogP contribution in [0, 0.1) is 10.1 Å². The van der Waals surface area contributed by atoms with Gasteiger partial charge in [0.2, 0.25) is 4.80 Å². The van der Waals surface area contributed by atoms with E-state index in [9.17, 15) is 14.9 Å². The predicted molar refractivity (Wildman–Crippen MR) is 118 cm³/mol. The van der Waals surface area contributed by atoms with Crippen LogP contribution in [0.3, 0.4) is 0 Å². The summed E-state index contributed by atoms with van der Waals surface area (Å²) in [5.41, 5.74) is 4.30. The Kier molecular flexibility index (Phi) is 5.80. The summed E-state index contributed by atoms with van der Waals surface area (Å²) >= 11 is 1.46. The normalized spacial score (nSPS) is 15.2. The molecule has 0 aliphatic carbocycles. The van der Waals surface area contributed by atoms with Gasteiger partial charge in [-0.25, -0.2) is 5.43 Å². The predicted octanol–water partition coefficient (Wildman–Crippen LogP) is 3.77. The zero-order valence-corrected chi connectivity index (χ0v) is 17.5. The summed E-state index contributed by atoms with van der Waals surface area (Å²) in [5.74, 6) is -0.474. The molecule has 0 radical (unpaired) electrons. The van der Waals surface area contributed by atoms with Crippen molar-refractivity contribution in [2.75, 3.05) is 18.0 Å². The second-order valence-corrected chi connectivity index (χ2v) is 8.34. The van der Waals surface area contributed by atoms with Crippen molar-refractivity contribution >= 4 is 38.8 Å². The lowest BCUT2D eigenvalue weighted by Gasteiger charge is -2.22. The van der Waals surface area contributed by atoms with E-state index in [1.165, 1.54) is 17.4 Å². The summed E-state index contributed by atoms with van der Waals surface area (Å²) in [6, 6.07) is 12.5. The molecule has 0 atom stereocenters. The van der Waals surface area contributed by atoms with Crippen LogP contribution in [0.25, 0.3) is 10.2 Å². The van der Waals surface area contributed by atoms with Crippen LogP contribution in [0.15, 0.2) is 47.6 Å². The number of nitro groups is 1. The summed E-state index contributed by atoms with van der Waals surface area (Å²) < 4.78 is 2.95. The van der Waals surface area contributed by atoms with Crippen molar-refractivity contribution in [3.63, 3.8) is 0 Å². The Morgan fingerprint density at radius 2 is 1.87 bits per heavy atom. The molecule has 2 heterocycles. The summed E-state index contributed by atoms with van der Waals surface area (Å²) in [7, 11) is 1.88. The van der Waals surface area contributed by atoms with E-state index in [4.69, 9.17) is 0 Å². The minimum absolute atomic E-state index is 0.0445. The van der Waals surface area contributed by atoms with Crippen molar-refractivity contribution in [3.05, 3.63) is 62.9 Å². The second kappa shape index (κ2) is 8.66. The van der Waals surface area contributed by atoms with Gasteiger partial charge in [0.1, 0.15) is 5.69 Å². The number of benzene rings is 2. The zero-order valence-electron chi connectivity index (χ0n) is 16.7. The molecule has 0 saturated carbocycles. The Morgan fingerprint density at radius 3 is 2.57 bits per heavy atom. The fourth-order valence-electron chi connectivity index (χ4n) is 3.74. The molecule has 1 aliphatic heterocycles. The largest absolute Gasteiger partial charge is 0.366 e. The first-order chi connectivity index (χ1) is 14.5. The number of rotatable bonds is 4. The summed E-state index contributed by atoms with van der Waals surface area (Å²) in [4.78, 5) is 26.6. The Balaban J connectivity index is 1.60. The highest BCUT2D eigenvalue weighted by molar-refractivity contribution is 7.16. The molecule has 30 heavy (non-hydrogen) atoms. The van der Waals surface area contributed by atoms with Gasteiger partial charge in [0.05, 0.1) is 15.1 Å². The third kappa shape index (κ3) is 4.06. The number of thiazole rings is 1. The minimum Gasteiger partial charge on any atom is -0.366 e. The van der Waals surface area contributed by atoms with Gasteiger partial charge in [-0.15, -0.1) is 5.10 Å². The first-order valence-electron chi connectivity index (χ1n) is 9.96. The SMILES string of the molecule is Cn1/c(=N/NC(=O)c2ccc(N3CCCCCC3)c([N+](=O)[O-])c2)sc2ccccc21. The maximum atomic E-state index is 12.6. The minimum atomic E-state index is -0.474. The molecular formula is C21H23N5O3S. The van der Waals surface area contributed by atoms with E-state index in [0.717, 1.165) is 49.0 Å². The monoisotopic (exact) mass is 425 g/mol. The van der Waals surface area contributed by atoms with Gasteiger partial charge >= 0.3 is 0 Å². The van der Waals surface area contributed by atoms with E-state index >= 15 is 0 Å². The average molecular weight is 426 g/mol. The van der Waals surface area contributed by atoms with Gasteiger partial charge in [0.15, 0.2) is 0 Å². The topological polar surface area (TPSA) is 92.8 Å². The maximum Gasteiger partial charge on any atom is 0.293 e. The maximum absolute atomic E-state index is 12.6. The number of para-hydroxylation sites is 1. The fraction of sp³-hybridized carbons (Fsp3) is 0.333. The third-order valence-corrected chi connectivity index (χ3v) is 6.46. The van der Waals surface area contributed by atoms with E-state index in [1.807, 2.05) is 40.8 Å².